The van der Waals surface area contributed by atoms with E-state index in [0.717, 1.165) is 0 Å². The number of hydrogen-bond acceptors (Lipinski definition) is 3. The first-order chi connectivity index (χ1) is 8.24. The van der Waals surface area contributed by atoms with Crippen LogP contribution < -0.4 is 0 Å². The Bertz CT molecular complexity index is 206. The van der Waals surface area contributed by atoms with Crippen LogP contribution in [0.3, 0.4) is 0 Å². The Morgan fingerprint density at radius 3 is 1.41 bits per heavy atom. The van der Waals surface area contributed by atoms with Crippen LogP contribution >= 0.6 is 24.1 Å². The molecule has 0 amide bonds. The SMILES string of the molecule is CCC1(SOSC2(CC)CCCC2)CCCC1. The van der Waals surface area contributed by atoms with Gasteiger partial charge in [-0.3, -0.25) is 0 Å². The van der Waals surface area contributed by atoms with Gasteiger partial charge in [-0.25, -0.2) is 3.63 Å². The van der Waals surface area contributed by atoms with E-state index in [2.05, 4.69) is 13.8 Å². The van der Waals surface area contributed by atoms with Gasteiger partial charge in [0.05, 0.1) is 0 Å². The van der Waals surface area contributed by atoms with E-state index in [9.17, 15) is 0 Å². The van der Waals surface area contributed by atoms with Crippen molar-refractivity contribution < 1.29 is 3.63 Å². The molecule has 2 aliphatic carbocycles. The van der Waals surface area contributed by atoms with E-state index in [1.807, 2.05) is 0 Å². The average Bonchev–Trinajstić information content (AvgIpc) is 2.99. The van der Waals surface area contributed by atoms with Gasteiger partial charge in [0.25, 0.3) is 0 Å². The molecule has 17 heavy (non-hydrogen) atoms. The van der Waals surface area contributed by atoms with Crippen molar-refractivity contribution >= 4 is 24.1 Å². The molecule has 2 aliphatic rings. The summed E-state index contributed by atoms with van der Waals surface area (Å²) in [6, 6.07) is 0. The molecule has 0 aliphatic heterocycles. The summed E-state index contributed by atoms with van der Waals surface area (Å²) < 4.78 is 6.91. The largest absolute Gasteiger partial charge is 0.246 e. The van der Waals surface area contributed by atoms with Crippen LogP contribution in [0.15, 0.2) is 0 Å². The van der Waals surface area contributed by atoms with Gasteiger partial charge in [0.15, 0.2) is 0 Å². The van der Waals surface area contributed by atoms with Crippen molar-refractivity contribution in [2.24, 2.45) is 0 Å². The first kappa shape index (κ1) is 14.1. The lowest BCUT2D eigenvalue weighted by Crippen LogP contribution is -2.21. The van der Waals surface area contributed by atoms with Crippen molar-refractivity contribution in [3.05, 3.63) is 0 Å². The van der Waals surface area contributed by atoms with Crippen molar-refractivity contribution in [1.82, 2.24) is 0 Å². The van der Waals surface area contributed by atoms with Crippen LogP contribution in [0, 0.1) is 0 Å². The maximum absolute atomic E-state index is 6.02. The summed E-state index contributed by atoms with van der Waals surface area (Å²) in [5.74, 6) is 0. The van der Waals surface area contributed by atoms with Crippen molar-refractivity contribution in [3.8, 4) is 0 Å². The molecule has 0 spiro atoms. The topological polar surface area (TPSA) is 9.23 Å². The molecule has 2 fully saturated rings. The first-order valence-corrected chi connectivity index (χ1v) is 8.76. The number of hydrogen-bond donors (Lipinski definition) is 0. The minimum Gasteiger partial charge on any atom is -0.246 e. The highest BCUT2D eigenvalue weighted by Gasteiger charge is 2.37. The lowest BCUT2D eigenvalue weighted by molar-refractivity contribution is 0.533. The standard InChI is InChI=1S/C14H26OS2/c1-3-13(9-5-6-10-13)16-15-17-14(4-2)11-7-8-12-14/h3-12H2,1-2H3. The molecule has 2 rings (SSSR count). The summed E-state index contributed by atoms with van der Waals surface area (Å²) in [5.41, 5.74) is 0. The Kier molecular flexibility index (Phi) is 5.14. The van der Waals surface area contributed by atoms with Crippen LogP contribution in [0.5, 0.6) is 0 Å². The molecule has 0 N–H and O–H groups in total. The van der Waals surface area contributed by atoms with E-state index >= 15 is 0 Å². The van der Waals surface area contributed by atoms with Crippen LogP contribution in [-0.2, 0) is 3.63 Å². The minimum absolute atomic E-state index is 0.445. The quantitative estimate of drug-likeness (QED) is 0.571. The van der Waals surface area contributed by atoms with E-state index in [4.69, 9.17) is 3.63 Å². The molecule has 1 nitrogen and oxygen atoms in total. The molecule has 0 bridgehead atoms. The molecule has 0 aromatic heterocycles. The van der Waals surface area contributed by atoms with Crippen molar-refractivity contribution in [2.45, 2.75) is 87.5 Å². The van der Waals surface area contributed by atoms with Gasteiger partial charge in [0.2, 0.25) is 0 Å². The van der Waals surface area contributed by atoms with Gasteiger partial charge >= 0.3 is 0 Å². The zero-order valence-corrected chi connectivity index (χ0v) is 12.9. The predicted molar refractivity (Wildman–Crippen MR) is 79.2 cm³/mol. The predicted octanol–water partition coefficient (Wildman–Crippen LogP) is 5.75. The molecule has 0 atom stereocenters. The lowest BCUT2D eigenvalue weighted by atomic mass is 10.0. The Hall–Kier alpha value is 0.660. The third-order valence-electron chi connectivity index (χ3n) is 4.74. The Morgan fingerprint density at radius 2 is 1.12 bits per heavy atom. The summed E-state index contributed by atoms with van der Waals surface area (Å²) in [5, 5.41) is 0. The second-order valence-corrected chi connectivity index (χ2v) is 8.33. The third kappa shape index (κ3) is 3.36. The van der Waals surface area contributed by atoms with Crippen LogP contribution in [0.25, 0.3) is 0 Å². The fraction of sp³-hybridized carbons (Fsp3) is 1.00. The molecule has 0 unspecified atom stereocenters. The Morgan fingerprint density at radius 1 is 0.765 bits per heavy atom. The van der Waals surface area contributed by atoms with E-state index in [-0.39, 0.29) is 0 Å². The molecule has 0 aromatic carbocycles. The zero-order valence-electron chi connectivity index (χ0n) is 11.3. The highest BCUT2D eigenvalue weighted by molar-refractivity contribution is 8.09. The summed E-state index contributed by atoms with van der Waals surface area (Å²) in [7, 11) is 0. The summed E-state index contributed by atoms with van der Waals surface area (Å²) in [6.07, 6.45) is 13.5. The first-order valence-electron chi connectivity index (χ1n) is 7.28. The van der Waals surface area contributed by atoms with Gasteiger partial charge in [-0.15, -0.1) is 0 Å². The molecule has 100 valence electrons. The molecule has 0 saturated heterocycles. The maximum Gasteiger partial charge on any atom is 0.0432 e. The summed E-state index contributed by atoms with van der Waals surface area (Å²) in [6.45, 7) is 4.63. The van der Waals surface area contributed by atoms with Crippen LogP contribution in [-0.4, -0.2) is 9.49 Å². The Balaban J connectivity index is 1.78. The normalized spacial score (nSPS) is 26.5. The molecule has 0 radical (unpaired) electrons. The molecule has 0 heterocycles. The van der Waals surface area contributed by atoms with E-state index in [0.29, 0.717) is 9.49 Å². The highest BCUT2D eigenvalue weighted by Crippen LogP contribution is 2.51. The van der Waals surface area contributed by atoms with E-state index in [1.165, 1.54) is 64.2 Å². The van der Waals surface area contributed by atoms with Gasteiger partial charge in [0, 0.05) is 33.6 Å². The highest BCUT2D eigenvalue weighted by atomic mass is 32.2. The van der Waals surface area contributed by atoms with Crippen LogP contribution in [0.4, 0.5) is 0 Å². The third-order valence-corrected chi connectivity index (χ3v) is 7.39. The van der Waals surface area contributed by atoms with Gasteiger partial charge in [-0.2, -0.15) is 0 Å². The van der Waals surface area contributed by atoms with Crippen molar-refractivity contribution in [1.29, 1.82) is 0 Å². The second kappa shape index (κ2) is 6.21. The molecule has 2 saturated carbocycles. The van der Waals surface area contributed by atoms with Gasteiger partial charge in [0.1, 0.15) is 0 Å². The monoisotopic (exact) mass is 274 g/mol. The molecule has 0 aromatic rings. The minimum atomic E-state index is 0.445. The fourth-order valence-electron chi connectivity index (χ4n) is 3.19. The second-order valence-electron chi connectivity index (χ2n) is 5.72. The van der Waals surface area contributed by atoms with E-state index in [1.54, 1.807) is 24.1 Å². The lowest BCUT2D eigenvalue weighted by Gasteiger charge is -2.29. The fourth-order valence-corrected chi connectivity index (χ4v) is 5.63. The molecular weight excluding hydrogens is 248 g/mol. The van der Waals surface area contributed by atoms with Gasteiger partial charge < -0.3 is 0 Å². The summed E-state index contributed by atoms with van der Waals surface area (Å²) in [4.78, 5) is 0. The van der Waals surface area contributed by atoms with Gasteiger partial charge in [-0.05, 0) is 38.5 Å². The van der Waals surface area contributed by atoms with Crippen molar-refractivity contribution in [2.75, 3.05) is 0 Å². The average molecular weight is 274 g/mol. The van der Waals surface area contributed by atoms with Crippen LogP contribution in [0.1, 0.15) is 78.1 Å². The van der Waals surface area contributed by atoms with E-state index < -0.39 is 0 Å². The van der Waals surface area contributed by atoms with Crippen molar-refractivity contribution in [3.63, 3.8) is 0 Å². The van der Waals surface area contributed by atoms with Crippen LogP contribution in [0.2, 0.25) is 0 Å². The maximum atomic E-state index is 6.02. The van der Waals surface area contributed by atoms with Gasteiger partial charge in [-0.1, -0.05) is 39.5 Å². The Labute approximate surface area is 115 Å². The number of rotatable bonds is 6. The molecule has 3 heteroatoms. The smallest absolute Gasteiger partial charge is 0.0432 e. The summed E-state index contributed by atoms with van der Waals surface area (Å²) >= 11 is 3.59. The zero-order chi connectivity index (χ0) is 12.2. The molecular formula is C14H26OS2.